The van der Waals surface area contributed by atoms with Crippen molar-refractivity contribution < 1.29 is 14.3 Å². The number of amides is 1. The molecular weight excluding hydrogens is 306 g/mol. The molecule has 1 unspecified atom stereocenters. The van der Waals surface area contributed by atoms with Crippen molar-refractivity contribution in [2.24, 2.45) is 0 Å². The zero-order valence-corrected chi connectivity index (χ0v) is 14.0. The minimum atomic E-state index is -0.0272. The van der Waals surface area contributed by atoms with Gasteiger partial charge in [0.25, 0.3) is 0 Å². The molecule has 1 amide bonds. The van der Waals surface area contributed by atoms with E-state index in [2.05, 4.69) is 21.3 Å². The third-order valence-corrected chi connectivity index (χ3v) is 4.36. The van der Waals surface area contributed by atoms with E-state index in [4.69, 9.17) is 9.47 Å². The number of aromatic nitrogens is 1. The van der Waals surface area contributed by atoms with Gasteiger partial charge in [0.15, 0.2) is 11.5 Å². The highest BCUT2D eigenvalue weighted by Gasteiger charge is 2.28. The molecule has 1 fully saturated rings. The van der Waals surface area contributed by atoms with Crippen LogP contribution in [0, 0.1) is 0 Å². The van der Waals surface area contributed by atoms with Crippen molar-refractivity contribution >= 4 is 11.6 Å². The van der Waals surface area contributed by atoms with Crippen LogP contribution in [0.25, 0.3) is 0 Å². The molecule has 1 aromatic carbocycles. The summed E-state index contributed by atoms with van der Waals surface area (Å²) in [6.45, 7) is 1.31. The summed E-state index contributed by atoms with van der Waals surface area (Å²) >= 11 is 0. The fourth-order valence-corrected chi connectivity index (χ4v) is 3.22. The van der Waals surface area contributed by atoms with Crippen LogP contribution in [0.4, 0.5) is 5.69 Å². The van der Waals surface area contributed by atoms with E-state index in [9.17, 15) is 4.79 Å². The fourth-order valence-electron chi connectivity index (χ4n) is 3.22. The van der Waals surface area contributed by atoms with Crippen molar-refractivity contribution in [2.75, 3.05) is 32.6 Å². The maximum absolute atomic E-state index is 12.4. The number of anilines is 1. The summed E-state index contributed by atoms with van der Waals surface area (Å²) in [6, 6.07) is 9.72. The van der Waals surface area contributed by atoms with E-state index >= 15 is 0 Å². The highest BCUT2D eigenvalue weighted by atomic mass is 16.5. The molecule has 0 spiro atoms. The summed E-state index contributed by atoms with van der Waals surface area (Å²) in [5, 5.41) is 2.93. The van der Waals surface area contributed by atoms with Crippen LogP contribution in [0.1, 0.15) is 24.6 Å². The van der Waals surface area contributed by atoms with Crippen LogP contribution in [0.3, 0.4) is 0 Å². The smallest absolute Gasteiger partial charge is 0.238 e. The Kier molecular flexibility index (Phi) is 5.05. The SMILES string of the molecule is COc1ccc(NC(=O)CN2CCCC2c2ccc[nH]2)cc1OC. The maximum atomic E-state index is 12.4. The largest absolute Gasteiger partial charge is 0.493 e. The van der Waals surface area contributed by atoms with Crippen LogP contribution in [-0.4, -0.2) is 43.1 Å². The third kappa shape index (κ3) is 3.54. The van der Waals surface area contributed by atoms with Crippen molar-refractivity contribution in [1.29, 1.82) is 0 Å². The number of H-pyrrole nitrogens is 1. The van der Waals surface area contributed by atoms with Gasteiger partial charge < -0.3 is 19.8 Å². The van der Waals surface area contributed by atoms with Gasteiger partial charge >= 0.3 is 0 Å². The molecular formula is C18H23N3O3. The molecule has 2 N–H and O–H groups in total. The molecule has 6 nitrogen and oxygen atoms in total. The number of ether oxygens (including phenoxy) is 2. The Labute approximate surface area is 141 Å². The lowest BCUT2D eigenvalue weighted by atomic mass is 10.1. The molecule has 3 rings (SSSR count). The Balaban J connectivity index is 1.63. The van der Waals surface area contributed by atoms with Gasteiger partial charge in [0.05, 0.1) is 26.8 Å². The Morgan fingerprint density at radius 1 is 1.29 bits per heavy atom. The molecule has 0 saturated carbocycles. The molecule has 24 heavy (non-hydrogen) atoms. The summed E-state index contributed by atoms with van der Waals surface area (Å²) in [7, 11) is 3.17. The number of methoxy groups -OCH3 is 2. The highest BCUT2D eigenvalue weighted by molar-refractivity contribution is 5.92. The summed E-state index contributed by atoms with van der Waals surface area (Å²) in [4.78, 5) is 17.9. The number of benzene rings is 1. The molecule has 0 radical (unpaired) electrons. The maximum Gasteiger partial charge on any atom is 0.238 e. The lowest BCUT2D eigenvalue weighted by Gasteiger charge is -2.23. The number of carbonyl (C=O) groups excluding carboxylic acids is 1. The monoisotopic (exact) mass is 329 g/mol. The lowest BCUT2D eigenvalue weighted by molar-refractivity contribution is -0.117. The summed E-state index contributed by atoms with van der Waals surface area (Å²) < 4.78 is 10.5. The lowest BCUT2D eigenvalue weighted by Crippen LogP contribution is -2.33. The van der Waals surface area contributed by atoms with Crippen molar-refractivity contribution in [3.63, 3.8) is 0 Å². The second-order valence-electron chi connectivity index (χ2n) is 5.87. The van der Waals surface area contributed by atoms with Crippen LogP contribution in [0.15, 0.2) is 36.5 Å². The van der Waals surface area contributed by atoms with Gasteiger partial charge in [-0.1, -0.05) is 0 Å². The van der Waals surface area contributed by atoms with Crippen LogP contribution in [0.5, 0.6) is 11.5 Å². The van der Waals surface area contributed by atoms with Gasteiger partial charge in [0, 0.05) is 23.6 Å². The van der Waals surface area contributed by atoms with E-state index < -0.39 is 0 Å². The van der Waals surface area contributed by atoms with Crippen LogP contribution in [0.2, 0.25) is 0 Å². The van der Waals surface area contributed by atoms with Gasteiger partial charge in [-0.3, -0.25) is 9.69 Å². The minimum Gasteiger partial charge on any atom is -0.493 e. The van der Waals surface area contributed by atoms with E-state index in [1.54, 1.807) is 26.4 Å². The number of hydrogen-bond donors (Lipinski definition) is 2. The first-order valence-electron chi connectivity index (χ1n) is 8.10. The number of carbonyl (C=O) groups is 1. The molecule has 1 aliphatic heterocycles. The number of aromatic amines is 1. The predicted molar refractivity (Wildman–Crippen MR) is 92.5 cm³/mol. The van der Waals surface area contributed by atoms with Crippen molar-refractivity contribution in [3.8, 4) is 11.5 Å². The zero-order chi connectivity index (χ0) is 16.9. The van der Waals surface area contributed by atoms with Gasteiger partial charge in [-0.15, -0.1) is 0 Å². The molecule has 0 aliphatic carbocycles. The van der Waals surface area contributed by atoms with Crippen molar-refractivity contribution in [1.82, 2.24) is 9.88 Å². The van der Waals surface area contributed by atoms with E-state index in [-0.39, 0.29) is 11.9 Å². The fraction of sp³-hybridized carbons (Fsp3) is 0.389. The second kappa shape index (κ2) is 7.40. The molecule has 1 aromatic heterocycles. The number of hydrogen-bond acceptors (Lipinski definition) is 4. The van der Waals surface area contributed by atoms with Crippen molar-refractivity contribution in [2.45, 2.75) is 18.9 Å². The molecule has 1 atom stereocenters. The number of rotatable bonds is 6. The first-order chi connectivity index (χ1) is 11.7. The summed E-state index contributed by atoms with van der Waals surface area (Å²) in [5.74, 6) is 1.21. The van der Waals surface area contributed by atoms with E-state index in [0.29, 0.717) is 23.7 Å². The molecule has 2 heterocycles. The van der Waals surface area contributed by atoms with Gasteiger partial charge in [0.1, 0.15) is 0 Å². The molecule has 128 valence electrons. The predicted octanol–water partition coefficient (Wildman–Crippen LogP) is 2.81. The molecule has 2 aromatic rings. The average molecular weight is 329 g/mol. The second-order valence-corrected chi connectivity index (χ2v) is 5.87. The van der Waals surface area contributed by atoms with Gasteiger partial charge in [0.2, 0.25) is 5.91 Å². The highest BCUT2D eigenvalue weighted by Crippen LogP contribution is 2.31. The van der Waals surface area contributed by atoms with E-state index in [0.717, 1.165) is 19.4 Å². The van der Waals surface area contributed by atoms with Gasteiger partial charge in [-0.05, 0) is 43.7 Å². The molecule has 1 aliphatic rings. The van der Waals surface area contributed by atoms with E-state index in [1.807, 2.05) is 18.3 Å². The standard InChI is InChI=1S/C18H23N3O3/c1-23-16-8-7-13(11-17(16)24-2)20-18(22)12-21-10-4-6-15(21)14-5-3-9-19-14/h3,5,7-9,11,15,19H,4,6,10,12H2,1-2H3,(H,20,22). The number of likely N-dealkylation sites (tertiary alicyclic amines) is 1. The molecule has 0 bridgehead atoms. The Bertz CT molecular complexity index is 685. The van der Waals surface area contributed by atoms with Gasteiger partial charge in [-0.25, -0.2) is 0 Å². The zero-order valence-electron chi connectivity index (χ0n) is 14.0. The molecule has 6 heteroatoms. The van der Waals surface area contributed by atoms with Crippen LogP contribution >= 0.6 is 0 Å². The van der Waals surface area contributed by atoms with E-state index in [1.165, 1.54) is 5.69 Å². The minimum absolute atomic E-state index is 0.0272. The normalized spacial score (nSPS) is 17.7. The molecule has 1 saturated heterocycles. The quantitative estimate of drug-likeness (QED) is 0.855. The first-order valence-corrected chi connectivity index (χ1v) is 8.10. The number of nitrogens with one attached hydrogen (secondary N) is 2. The Morgan fingerprint density at radius 3 is 2.83 bits per heavy atom. The number of nitrogens with zero attached hydrogens (tertiary/aromatic N) is 1. The third-order valence-electron chi connectivity index (χ3n) is 4.36. The first kappa shape index (κ1) is 16.4. The van der Waals surface area contributed by atoms with Crippen molar-refractivity contribution in [3.05, 3.63) is 42.2 Å². The van der Waals surface area contributed by atoms with Crippen LogP contribution in [-0.2, 0) is 4.79 Å². The average Bonchev–Trinajstić information content (AvgIpc) is 3.25. The van der Waals surface area contributed by atoms with Gasteiger partial charge in [-0.2, -0.15) is 0 Å². The topological polar surface area (TPSA) is 66.6 Å². The summed E-state index contributed by atoms with van der Waals surface area (Å²) in [5.41, 5.74) is 1.87. The van der Waals surface area contributed by atoms with Crippen LogP contribution < -0.4 is 14.8 Å². The Hall–Kier alpha value is -2.47. The Morgan fingerprint density at radius 2 is 2.12 bits per heavy atom. The summed E-state index contributed by atoms with van der Waals surface area (Å²) in [6.07, 6.45) is 4.10.